The third-order valence-corrected chi connectivity index (χ3v) is 9.41. The van der Waals surface area contributed by atoms with E-state index in [4.69, 9.17) is 9.16 Å². The van der Waals surface area contributed by atoms with Crippen molar-refractivity contribution in [2.75, 3.05) is 0 Å². The average Bonchev–Trinajstić information content (AvgIpc) is 2.69. The van der Waals surface area contributed by atoms with E-state index in [1.54, 1.807) is 0 Å². The standard InChI is InChI=1S/C14H26O3Si/c1-9-12-10(13(15)16-9)7-8-11(12)17-18(5,6)14(2,3)4/h10-13,15H,1,7-8H2,2-6H3/t10?,11?,12-,13?/m0/s1. The zero-order valence-corrected chi connectivity index (χ0v) is 13.2. The first-order valence-corrected chi connectivity index (χ1v) is 9.75. The van der Waals surface area contributed by atoms with Gasteiger partial charge in [0.2, 0.25) is 6.29 Å². The van der Waals surface area contributed by atoms with Gasteiger partial charge >= 0.3 is 0 Å². The van der Waals surface area contributed by atoms with Gasteiger partial charge in [-0.2, -0.15) is 0 Å². The van der Waals surface area contributed by atoms with Crippen molar-refractivity contribution in [2.24, 2.45) is 11.8 Å². The predicted octanol–water partition coefficient (Wildman–Crippen LogP) is 3.27. The molecule has 1 saturated heterocycles. The summed E-state index contributed by atoms with van der Waals surface area (Å²) in [7, 11) is -1.76. The monoisotopic (exact) mass is 270 g/mol. The molecule has 0 aromatic heterocycles. The Labute approximate surface area is 111 Å². The lowest BCUT2D eigenvalue weighted by atomic mass is 9.96. The van der Waals surface area contributed by atoms with E-state index >= 15 is 0 Å². The van der Waals surface area contributed by atoms with Crippen molar-refractivity contribution in [3.05, 3.63) is 12.3 Å². The maximum Gasteiger partial charge on any atom is 0.200 e. The molecular formula is C14H26O3Si. The van der Waals surface area contributed by atoms with Gasteiger partial charge in [0, 0.05) is 11.8 Å². The van der Waals surface area contributed by atoms with Crippen LogP contribution in [0, 0.1) is 11.8 Å². The first-order valence-electron chi connectivity index (χ1n) is 6.85. The Bertz CT molecular complexity index is 345. The van der Waals surface area contributed by atoms with Gasteiger partial charge in [-0.25, -0.2) is 0 Å². The molecule has 0 aromatic rings. The largest absolute Gasteiger partial charge is 0.469 e. The SMILES string of the molecule is C=C1OC(O)C2CCC(O[Si](C)(C)C(C)(C)C)[C@@H]12. The van der Waals surface area contributed by atoms with Gasteiger partial charge in [-0.15, -0.1) is 0 Å². The molecule has 0 radical (unpaired) electrons. The predicted molar refractivity (Wildman–Crippen MR) is 74.5 cm³/mol. The smallest absolute Gasteiger partial charge is 0.200 e. The zero-order chi connectivity index (χ0) is 13.7. The Kier molecular flexibility index (Phi) is 3.41. The zero-order valence-electron chi connectivity index (χ0n) is 12.2. The molecule has 2 aliphatic rings. The summed E-state index contributed by atoms with van der Waals surface area (Å²) in [5, 5.41) is 10.0. The quantitative estimate of drug-likeness (QED) is 0.783. The van der Waals surface area contributed by atoms with Crippen LogP contribution in [0.5, 0.6) is 0 Å². The van der Waals surface area contributed by atoms with Crippen molar-refractivity contribution in [1.29, 1.82) is 0 Å². The molecule has 1 saturated carbocycles. The molecule has 0 amide bonds. The van der Waals surface area contributed by atoms with Crippen molar-refractivity contribution in [3.63, 3.8) is 0 Å². The Balaban J connectivity index is 2.10. The van der Waals surface area contributed by atoms with Gasteiger partial charge in [-0.1, -0.05) is 27.4 Å². The Morgan fingerprint density at radius 1 is 1.33 bits per heavy atom. The van der Waals surface area contributed by atoms with Crippen LogP contribution in [-0.2, 0) is 9.16 Å². The first-order chi connectivity index (χ1) is 8.13. The number of ether oxygens (including phenoxy) is 1. The summed E-state index contributed by atoms with van der Waals surface area (Å²) in [5.41, 5.74) is 0. The summed E-state index contributed by atoms with van der Waals surface area (Å²) in [6, 6.07) is 0. The van der Waals surface area contributed by atoms with Gasteiger partial charge in [0.1, 0.15) is 0 Å². The van der Waals surface area contributed by atoms with Crippen LogP contribution in [-0.4, -0.2) is 25.8 Å². The minimum atomic E-state index is -1.76. The van der Waals surface area contributed by atoms with Crippen molar-refractivity contribution < 1.29 is 14.3 Å². The Hall–Kier alpha value is -0.323. The van der Waals surface area contributed by atoms with E-state index in [2.05, 4.69) is 40.4 Å². The van der Waals surface area contributed by atoms with Gasteiger partial charge in [0.25, 0.3) is 0 Å². The summed E-state index contributed by atoms with van der Waals surface area (Å²) in [6.45, 7) is 15.2. The Morgan fingerprint density at radius 2 is 1.94 bits per heavy atom. The highest BCUT2D eigenvalue weighted by Gasteiger charge is 2.51. The minimum absolute atomic E-state index is 0.181. The van der Waals surface area contributed by atoms with Gasteiger partial charge in [-0.3, -0.25) is 0 Å². The van der Waals surface area contributed by atoms with Crippen molar-refractivity contribution in [1.82, 2.24) is 0 Å². The van der Waals surface area contributed by atoms with Gasteiger partial charge in [0.05, 0.1) is 11.9 Å². The van der Waals surface area contributed by atoms with Gasteiger partial charge in [0.15, 0.2) is 8.32 Å². The van der Waals surface area contributed by atoms with E-state index in [9.17, 15) is 5.11 Å². The summed E-state index contributed by atoms with van der Waals surface area (Å²) in [5.74, 6) is 1.09. The highest BCUT2D eigenvalue weighted by Crippen LogP contribution is 2.49. The highest BCUT2D eigenvalue weighted by molar-refractivity contribution is 6.74. The summed E-state index contributed by atoms with van der Waals surface area (Å²) >= 11 is 0. The molecule has 4 heteroatoms. The second-order valence-electron chi connectivity index (χ2n) is 7.16. The van der Waals surface area contributed by atoms with E-state index in [0.717, 1.165) is 12.8 Å². The molecule has 0 spiro atoms. The molecule has 3 unspecified atom stereocenters. The topological polar surface area (TPSA) is 38.7 Å². The highest BCUT2D eigenvalue weighted by atomic mass is 28.4. The summed E-state index contributed by atoms with van der Waals surface area (Å²) < 4.78 is 11.8. The lowest BCUT2D eigenvalue weighted by Crippen LogP contribution is -2.45. The fraction of sp³-hybridized carbons (Fsp3) is 0.857. The van der Waals surface area contributed by atoms with Crippen LogP contribution in [0.2, 0.25) is 18.1 Å². The lowest BCUT2D eigenvalue weighted by Gasteiger charge is -2.39. The molecule has 18 heavy (non-hydrogen) atoms. The molecule has 104 valence electrons. The van der Waals surface area contributed by atoms with Crippen molar-refractivity contribution in [2.45, 2.75) is 64.1 Å². The molecule has 1 aliphatic carbocycles. The number of aliphatic hydroxyl groups is 1. The van der Waals surface area contributed by atoms with Crippen molar-refractivity contribution >= 4 is 8.32 Å². The number of aliphatic hydroxyl groups excluding tert-OH is 1. The first kappa shape index (κ1) is 14.1. The van der Waals surface area contributed by atoms with E-state index in [0.29, 0.717) is 5.76 Å². The van der Waals surface area contributed by atoms with Crippen molar-refractivity contribution in [3.8, 4) is 0 Å². The number of hydrogen-bond donors (Lipinski definition) is 1. The average molecular weight is 270 g/mol. The number of hydrogen-bond acceptors (Lipinski definition) is 3. The number of fused-ring (bicyclic) bond motifs is 1. The molecule has 0 aromatic carbocycles. The molecule has 4 atom stereocenters. The molecular weight excluding hydrogens is 244 g/mol. The third-order valence-electron chi connectivity index (χ3n) is 4.91. The molecule has 1 aliphatic heterocycles. The number of rotatable bonds is 2. The van der Waals surface area contributed by atoms with Crippen LogP contribution in [0.4, 0.5) is 0 Å². The van der Waals surface area contributed by atoms with E-state index in [1.165, 1.54) is 0 Å². The molecule has 1 heterocycles. The van der Waals surface area contributed by atoms with Gasteiger partial charge in [-0.05, 0) is 31.0 Å². The second kappa shape index (κ2) is 4.36. The third kappa shape index (κ3) is 2.26. The van der Waals surface area contributed by atoms with E-state index < -0.39 is 14.6 Å². The fourth-order valence-electron chi connectivity index (χ4n) is 2.77. The molecule has 2 rings (SSSR count). The fourth-order valence-corrected chi connectivity index (χ4v) is 4.14. The molecule has 2 fully saturated rings. The minimum Gasteiger partial charge on any atom is -0.469 e. The van der Waals surface area contributed by atoms with Gasteiger partial charge < -0.3 is 14.3 Å². The second-order valence-corrected chi connectivity index (χ2v) is 11.9. The van der Waals surface area contributed by atoms with Crippen LogP contribution in [0.1, 0.15) is 33.6 Å². The van der Waals surface area contributed by atoms with Crippen LogP contribution in [0.25, 0.3) is 0 Å². The summed E-state index contributed by atoms with van der Waals surface area (Å²) in [6.07, 6.45) is 1.50. The normalized spacial score (nSPS) is 36.7. The Morgan fingerprint density at radius 3 is 2.50 bits per heavy atom. The summed E-state index contributed by atoms with van der Waals surface area (Å²) in [4.78, 5) is 0. The van der Waals surface area contributed by atoms with E-state index in [-0.39, 0.29) is 23.0 Å². The van der Waals surface area contributed by atoms with Crippen LogP contribution in [0.3, 0.4) is 0 Å². The molecule has 3 nitrogen and oxygen atoms in total. The maximum atomic E-state index is 9.82. The van der Waals surface area contributed by atoms with Crippen LogP contribution in [0.15, 0.2) is 12.3 Å². The van der Waals surface area contributed by atoms with E-state index in [1.807, 2.05) is 0 Å². The van der Waals surface area contributed by atoms with Crippen LogP contribution < -0.4 is 0 Å². The molecule has 0 bridgehead atoms. The molecule has 1 N–H and O–H groups in total. The lowest BCUT2D eigenvalue weighted by molar-refractivity contribution is -0.0634. The maximum absolute atomic E-state index is 9.82. The van der Waals surface area contributed by atoms with Crippen LogP contribution >= 0.6 is 0 Å².